The summed E-state index contributed by atoms with van der Waals surface area (Å²) in [6.07, 6.45) is 0. The van der Waals surface area contributed by atoms with Crippen LogP contribution in [-0.4, -0.2) is 24.2 Å². The molecule has 0 unspecified atom stereocenters. The first kappa shape index (κ1) is 15.5. The Kier molecular flexibility index (Phi) is 4.15. The molecule has 24 heavy (non-hydrogen) atoms. The van der Waals surface area contributed by atoms with Crippen LogP contribution in [0, 0.1) is 15.9 Å². The Balaban J connectivity index is 1.72. The first-order chi connectivity index (χ1) is 11.5. The Morgan fingerprint density at radius 2 is 1.92 bits per heavy atom. The molecule has 8 nitrogen and oxygen atoms in total. The number of halogens is 1. The van der Waals surface area contributed by atoms with Crippen LogP contribution in [0.25, 0.3) is 0 Å². The second kappa shape index (κ2) is 6.41. The number of nitro groups is 1. The van der Waals surface area contributed by atoms with E-state index < -0.39 is 16.6 Å². The fraction of sp³-hybridized carbons (Fsp3) is 0.133. The summed E-state index contributed by atoms with van der Waals surface area (Å²) in [7, 11) is 0. The maximum Gasteiger partial charge on any atom is 0.296 e. The molecule has 1 amide bonds. The summed E-state index contributed by atoms with van der Waals surface area (Å²) in [5.74, 6) is -0.526. The minimum absolute atomic E-state index is 0.0235. The summed E-state index contributed by atoms with van der Waals surface area (Å²) in [4.78, 5) is 22.5. The van der Waals surface area contributed by atoms with E-state index in [1.54, 1.807) is 6.07 Å². The summed E-state index contributed by atoms with van der Waals surface area (Å²) < 4.78 is 23.7. The highest BCUT2D eigenvalue weighted by molar-refractivity contribution is 5.96. The minimum atomic E-state index is -0.637. The molecule has 3 rings (SSSR count). The molecule has 9 heteroatoms. The Bertz CT molecular complexity index is 812. The van der Waals surface area contributed by atoms with Crippen LogP contribution < -0.4 is 20.1 Å². The van der Waals surface area contributed by atoms with Crippen LogP contribution in [-0.2, 0) is 4.79 Å². The third kappa shape index (κ3) is 3.19. The van der Waals surface area contributed by atoms with Crippen LogP contribution in [0.3, 0.4) is 0 Å². The molecule has 0 bridgehead atoms. The van der Waals surface area contributed by atoms with E-state index in [1.165, 1.54) is 30.3 Å². The standard InChI is InChI=1S/C15H12FN3O5/c16-9-3-1-2-4-10(9)17-7-15(20)18-11-5-13-14(24-8-23-13)6-12(11)19(21)22/h1-6,17H,7-8H2,(H,18,20). The lowest BCUT2D eigenvalue weighted by Gasteiger charge is -2.09. The van der Waals surface area contributed by atoms with Gasteiger partial charge in [-0.3, -0.25) is 14.9 Å². The quantitative estimate of drug-likeness (QED) is 0.644. The van der Waals surface area contributed by atoms with Crippen LogP contribution >= 0.6 is 0 Å². The van der Waals surface area contributed by atoms with E-state index in [9.17, 15) is 19.3 Å². The second-order valence-electron chi connectivity index (χ2n) is 4.86. The fourth-order valence-corrected chi connectivity index (χ4v) is 2.16. The first-order valence-electron chi connectivity index (χ1n) is 6.91. The fourth-order valence-electron chi connectivity index (χ4n) is 2.16. The smallest absolute Gasteiger partial charge is 0.296 e. The number of carbonyl (C=O) groups excluding carboxylic acids is 1. The molecule has 1 heterocycles. The van der Waals surface area contributed by atoms with Crippen molar-refractivity contribution in [2.45, 2.75) is 0 Å². The number of fused-ring (bicyclic) bond motifs is 1. The van der Waals surface area contributed by atoms with Gasteiger partial charge in [0.25, 0.3) is 5.69 Å². The molecule has 1 aliphatic heterocycles. The van der Waals surface area contributed by atoms with Gasteiger partial charge in [-0.1, -0.05) is 12.1 Å². The monoisotopic (exact) mass is 333 g/mol. The Labute approximate surface area is 135 Å². The highest BCUT2D eigenvalue weighted by Gasteiger charge is 2.24. The topological polar surface area (TPSA) is 103 Å². The number of anilines is 2. The van der Waals surface area contributed by atoms with Crippen molar-refractivity contribution in [1.29, 1.82) is 0 Å². The molecule has 1 aliphatic rings. The number of ether oxygens (including phenoxy) is 2. The Morgan fingerprint density at radius 1 is 1.21 bits per heavy atom. The first-order valence-corrected chi connectivity index (χ1v) is 6.91. The SMILES string of the molecule is O=C(CNc1ccccc1F)Nc1cc2c(cc1[N+](=O)[O-])OCO2. The number of hydrogen-bond donors (Lipinski definition) is 2. The average Bonchev–Trinajstić information content (AvgIpc) is 3.00. The van der Waals surface area contributed by atoms with E-state index >= 15 is 0 Å². The molecular formula is C15H12FN3O5. The molecule has 0 radical (unpaired) electrons. The average molecular weight is 333 g/mol. The largest absolute Gasteiger partial charge is 0.454 e. The van der Waals surface area contributed by atoms with Gasteiger partial charge in [-0.15, -0.1) is 0 Å². The molecule has 2 N–H and O–H groups in total. The second-order valence-corrected chi connectivity index (χ2v) is 4.86. The van der Waals surface area contributed by atoms with E-state index in [4.69, 9.17) is 9.47 Å². The van der Waals surface area contributed by atoms with Gasteiger partial charge in [0.15, 0.2) is 11.5 Å². The molecule has 0 aliphatic carbocycles. The van der Waals surface area contributed by atoms with Gasteiger partial charge >= 0.3 is 0 Å². The van der Waals surface area contributed by atoms with Gasteiger partial charge in [-0.2, -0.15) is 0 Å². The van der Waals surface area contributed by atoms with Crippen molar-refractivity contribution in [2.75, 3.05) is 24.0 Å². The maximum atomic E-state index is 13.5. The summed E-state index contributed by atoms with van der Waals surface area (Å²) in [6, 6.07) is 8.38. The van der Waals surface area contributed by atoms with E-state index in [-0.39, 0.29) is 36.1 Å². The predicted octanol–water partition coefficient (Wildman–Crippen LogP) is 2.51. The summed E-state index contributed by atoms with van der Waals surface area (Å²) in [5, 5.41) is 16.2. The van der Waals surface area contributed by atoms with Gasteiger partial charge < -0.3 is 20.1 Å². The van der Waals surface area contributed by atoms with Crippen molar-refractivity contribution in [1.82, 2.24) is 0 Å². The van der Waals surface area contributed by atoms with Crippen molar-refractivity contribution >= 4 is 23.0 Å². The Hall–Kier alpha value is -3.36. The molecule has 0 fully saturated rings. The van der Waals surface area contributed by atoms with Gasteiger partial charge in [0, 0.05) is 6.07 Å². The number of nitrogens with zero attached hydrogens (tertiary/aromatic N) is 1. The van der Waals surface area contributed by atoms with Gasteiger partial charge in [0.1, 0.15) is 11.5 Å². The molecule has 0 saturated carbocycles. The lowest BCUT2D eigenvalue weighted by Crippen LogP contribution is -2.22. The summed E-state index contributed by atoms with van der Waals surface area (Å²) in [6.45, 7) is -0.300. The van der Waals surface area contributed by atoms with Crippen LogP contribution in [0.5, 0.6) is 11.5 Å². The maximum absolute atomic E-state index is 13.5. The van der Waals surface area contributed by atoms with Crippen LogP contribution in [0.1, 0.15) is 0 Å². The number of amides is 1. The van der Waals surface area contributed by atoms with Gasteiger partial charge in [-0.25, -0.2) is 4.39 Å². The number of nitrogens with one attached hydrogen (secondary N) is 2. The zero-order valence-corrected chi connectivity index (χ0v) is 12.2. The van der Waals surface area contributed by atoms with E-state index in [0.717, 1.165) is 0 Å². The normalized spacial score (nSPS) is 11.9. The van der Waals surface area contributed by atoms with Crippen LogP contribution in [0.2, 0.25) is 0 Å². The van der Waals surface area contributed by atoms with Gasteiger partial charge in [0.2, 0.25) is 12.7 Å². The highest BCUT2D eigenvalue weighted by Crippen LogP contribution is 2.40. The molecule has 2 aromatic carbocycles. The van der Waals surface area contributed by atoms with Crippen molar-refractivity contribution in [2.24, 2.45) is 0 Å². The zero-order valence-electron chi connectivity index (χ0n) is 12.2. The van der Waals surface area contributed by atoms with Gasteiger partial charge in [0.05, 0.1) is 23.2 Å². The van der Waals surface area contributed by atoms with E-state index in [0.29, 0.717) is 5.75 Å². The third-order valence-electron chi connectivity index (χ3n) is 3.27. The molecular weight excluding hydrogens is 321 g/mol. The zero-order chi connectivity index (χ0) is 17.1. The molecule has 0 spiro atoms. The summed E-state index contributed by atoms with van der Waals surface area (Å²) >= 11 is 0. The Morgan fingerprint density at radius 3 is 2.62 bits per heavy atom. The number of para-hydroxylation sites is 1. The molecule has 0 atom stereocenters. The third-order valence-corrected chi connectivity index (χ3v) is 3.27. The lowest BCUT2D eigenvalue weighted by atomic mass is 10.2. The molecule has 0 saturated heterocycles. The van der Waals surface area contributed by atoms with E-state index in [1.807, 2.05) is 0 Å². The van der Waals surface area contributed by atoms with Crippen molar-refractivity contribution in [3.63, 3.8) is 0 Å². The van der Waals surface area contributed by atoms with Crippen molar-refractivity contribution in [3.8, 4) is 11.5 Å². The van der Waals surface area contributed by atoms with Gasteiger partial charge in [-0.05, 0) is 12.1 Å². The van der Waals surface area contributed by atoms with Crippen molar-refractivity contribution in [3.05, 3.63) is 52.3 Å². The van der Waals surface area contributed by atoms with Crippen LogP contribution in [0.15, 0.2) is 36.4 Å². The van der Waals surface area contributed by atoms with E-state index in [2.05, 4.69) is 10.6 Å². The number of rotatable bonds is 5. The minimum Gasteiger partial charge on any atom is -0.454 e. The molecule has 2 aromatic rings. The number of hydrogen-bond acceptors (Lipinski definition) is 6. The summed E-state index contributed by atoms with van der Waals surface area (Å²) in [5.41, 5.74) is -0.184. The molecule has 0 aromatic heterocycles. The number of nitro benzene ring substituents is 1. The predicted molar refractivity (Wildman–Crippen MR) is 82.7 cm³/mol. The van der Waals surface area contributed by atoms with Crippen LogP contribution in [0.4, 0.5) is 21.5 Å². The number of carbonyl (C=O) groups is 1. The van der Waals surface area contributed by atoms with Crippen molar-refractivity contribution < 1.29 is 23.6 Å². The number of benzene rings is 2. The molecule has 124 valence electrons. The highest BCUT2D eigenvalue weighted by atomic mass is 19.1. The lowest BCUT2D eigenvalue weighted by molar-refractivity contribution is -0.384.